The molecule has 2 rings (SSSR count). The van der Waals surface area contributed by atoms with Crippen LogP contribution in [0.3, 0.4) is 0 Å². The van der Waals surface area contributed by atoms with Crippen molar-refractivity contribution >= 4 is 12.0 Å². The Labute approximate surface area is 114 Å². The predicted octanol–water partition coefficient (Wildman–Crippen LogP) is 3.16. The second-order valence-electron chi connectivity index (χ2n) is 5.09. The summed E-state index contributed by atoms with van der Waals surface area (Å²) in [4.78, 5) is 13.0. The fraction of sp³-hybridized carbons (Fsp3) is 0.438. The molecule has 0 saturated carbocycles. The van der Waals surface area contributed by atoms with Gasteiger partial charge in [-0.2, -0.15) is 0 Å². The molecule has 0 bridgehead atoms. The SMILES string of the molecule is CCC1CCCN1Cc1ccc(/C=C/C(=O)O)cc1. The first-order valence-corrected chi connectivity index (χ1v) is 6.93. The van der Waals surface area contributed by atoms with Crippen molar-refractivity contribution in [3.05, 3.63) is 41.5 Å². The number of nitrogens with zero attached hydrogens (tertiary/aromatic N) is 1. The Morgan fingerprint density at radius 1 is 1.42 bits per heavy atom. The van der Waals surface area contributed by atoms with E-state index in [9.17, 15) is 4.79 Å². The molecule has 0 aliphatic carbocycles. The summed E-state index contributed by atoms with van der Waals surface area (Å²) >= 11 is 0. The summed E-state index contributed by atoms with van der Waals surface area (Å²) in [6, 6.07) is 8.86. The minimum absolute atomic E-state index is 0.728. The fourth-order valence-corrected chi connectivity index (χ4v) is 2.70. The third kappa shape index (κ3) is 3.93. The van der Waals surface area contributed by atoms with Gasteiger partial charge in [0.1, 0.15) is 0 Å². The van der Waals surface area contributed by atoms with Crippen molar-refractivity contribution in [1.29, 1.82) is 0 Å². The van der Waals surface area contributed by atoms with Gasteiger partial charge in [-0.1, -0.05) is 31.2 Å². The summed E-state index contributed by atoms with van der Waals surface area (Å²) in [5, 5.41) is 8.58. The van der Waals surface area contributed by atoms with Gasteiger partial charge in [0.2, 0.25) is 0 Å². The molecule has 1 atom stereocenters. The monoisotopic (exact) mass is 259 g/mol. The van der Waals surface area contributed by atoms with E-state index in [2.05, 4.69) is 24.0 Å². The molecular weight excluding hydrogens is 238 g/mol. The van der Waals surface area contributed by atoms with E-state index in [1.165, 1.54) is 37.4 Å². The maximum Gasteiger partial charge on any atom is 0.328 e. The number of aliphatic carboxylic acids is 1. The number of likely N-dealkylation sites (tertiary alicyclic amines) is 1. The Kier molecular flexibility index (Phi) is 4.74. The molecule has 1 N–H and O–H groups in total. The number of carbonyl (C=O) groups is 1. The van der Waals surface area contributed by atoms with Crippen molar-refractivity contribution in [2.45, 2.75) is 38.8 Å². The average Bonchev–Trinajstić information content (AvgIpc) is 2.85. The van der Waals surface area contributed by atoms with Crippen molar-refractivity contribution in [3.63, 3.8) is 0 Å². The van der Waals surface area contributed by atoms with E-state index in [0.29, 0.717) is 0 Å². The Bertz CT molecular complexity index is 450. The lowest BCUT2D eigenvalue weighted by Crippen LogP contribution is -2.28. The number of carboxylic acids is 1. The van der Waals surface area contributed by atoms with Crippen LogP contribution in [0.4, 0.5) is 0 Å². The first kappa shape index (κ1) is 13.8. The van der Waals surface area contributed by atoms with E-state index in [1.807, 2.05) is 12.1 Å². The van der Waals surface area contributed by atoms with Gasteiger partial charge in [-0.15, -0.1) is 0 Å². The van der Waals surface area contributed by atoms with Crippen LogP contribution in [0.5, 0.6) is 0 Å². The highest BCUT2D eigenvalue weighted by molar-refractivity contribution is 5.85. The number of hydrogen-bond acceptors (Lipinski definition) is 2. The molecule has 1 aliphatic heterocycles. The molecule has 3 heteroatoms. The van der Waals surface area contributed by atoms with Crippen molar-refractivity contribution < 1.29 is 9.90 Å². The molecular formula is C16H21NO2. The summed E-state index contributed by atoms with van der Waals surface area (Å²) in [6.07, 6.45) is 6.63. The molecule has 1 aromatic carbocycles. The summed E-state index contributed by atoms with van der Waals surface area (Å²) < 4.78 is 0. The van der Waals surface area contributed by atoms with Crippen LogP contribution in [0.1, 0.15) is 37.3 Å². The van der Waals surface area contributed by atoms with Crippen LogP contribution in [0.15, 0.2) is 30.3 Å². The Morgan fingerprint density at radius 3 is 2.79 bits per heavy atom. The van der Waals surface area contributed by atoms with Gasteiger partial charge >= 0.3 is 5.97 Å². The van der Waals surface area contributed by atoms with E-state index in [-0.39, 0.29) is 0 Å². The maximum atomic E-state index is 10.4. The normalized spacial score (nSPS) is 20.2. The van der Waals surface area contributed by atoms with Crippen LogP contribution < -0.4 is 0 Å². The lowest BCUT2D eigenvalue weighted by atomic mass is 10.1. The number of benzene rings is 1. The van der Waals surface area contributed by atoms with Gasteiger partial charge in [0, 0.05) is 18.7 Å². The second kappa shape index (κ2) is 6.53. The Morgan fingerprint density at radius 2 is 2.16 bits per heavy atom. The zero-order valence-electron chi connectivity index (χ0n) is 11.4. The molecule has 1 heterocycles. The van der Waals surface area contributed by atoms with Gasteiger partial charge in [0.05, 0.1) is 0 Å². The van der Waals surface area contributed by atoms with Gasteiger partial charge in [0.15, 0.2) is 0 Å². The predicted molar refractivity (Wildman–Crippen MR) is 76.8 cm³/mol. The van der Waals surface area contributed by atoms with E-state index in [0.717, 1.165) is 18.2 Å². The van der Waals surface area contributed by atoms with Crippen molar-refractivity contribution in [2.24, 2.45) is 0 Å². The smallest absolute Gasteiger partial charge is 0.328 e. The minimum atomic E-state index is -0.910. The lowest BCUT2D eigenvalue weighted by Gasteiger charge is -2.23. The topological polar surface area (TPSA) is 40.5 Å². The molecule has 1 aliphatic rings. The van der Waals surface area contributed by atoms with Crippen LogP contribution in [0.25, 0.3) is 6.08 Å². The van der Waals surface area contributed by atoms with Crippen LogP contribution in [0.2, 0.25) is 0 Å². The summed E-state index contributed by atoms with van der Waals surface area (Å²) in [5.74, 6) is -0.910. The van der Waals surface area contributed by atoms with E-state index in [1.54, 1.807) is 6.08 Å². The average molecular weight is 259 g/mol. The first-order valence-electron chi connectivity index (χ1n) is 6.93. The van der Waals surface area contributed by atoms with Crippen molar-refractivity contribution in [2.75, 3.05) is 6.54 Å². The second-order valence-corrected chi connectivity index (χ2v) is 5.09. The van der Waals surface area contributed by atoms with E-state index in [4.69, 9.17) is 5.11 Å². The molecule has 3 nitrogen and oxygen atoms in total. The highest BCUT2D eigenvalue weighted by Gasteiger charge is 2.22. The fourth-order valence-electron chi connectivity index (χ4n) is 2.70. The van der Waals surface area contributed by atoms with Crippen molar-refractivity contribution in [1.82, 2.24) is 4.90 Å². The molecule has 1 saturated heterocycles. The van der Waals surface area contributed by atoms with Crippen molar-refractivity contribution in [3.8, 4) is 0 Å². The van der Waals surface area contributed by atoms with Gasteiger partial charge in [-0.05, 0) is 43.0 Å². The van der Waals surface area contributed by atoms with E-state index < -0.39 is 5.97 Å². The minimum Gasteiger partial charge on any atom is -0.478 e. The molecule has 1 aromatic rings. The van der Waals surface area contributed by atoms with Gasteiger partial charge in [0.25, 0.3) is 0 Å². The molecule has 0 aromatic heterocycles. The van der Waals surface area contributed by atoms with Gasteiger partial charge in [-0.25, -0.2) is 4.79 Å². The third-order valence-corrected chi connectivity index (χ3v) is 3.75. The van der Waals surface area contributed by atoms with Gasteiger partial charge < -0.3 is 5.11 Å². The van der Waals surface area contributed by atoms with Gasteiger partial charge in [-0.3, -0.25) is 4.90 Å². The van der Waals surface area contributed by atoms with Crippen LogP contribution >= 0.6 is 0 Å². The maximum absolute atomic E-state index is 10.4. The van der Waals surface area contributed by atoms with E-state index >= 15 is 0 Å². The first-order chi connectivity index (χ1) is 9.19. The number of carboxylic acid groups (broad SMARTS) is 1. The molecule has 1 unspecified atom stereocenters. The zero-order valence-corrected chi connectivity index (χ0v) is 11.4. The molecule has 0 amide bonds. The molecule has 102 valence electrons. The van der Waals surface area contributed by atoms with Crippen LogP contribution in [-0.2, 0) is 11.3 Å². The zero-order chi connectivity index (χ0) is 13.7. The number of hydrogen-bond donors (Lipinski definition) is 1. The van der Waals surface area contributed by atoms with Crippen LogP contribution in [0, 0.1) is 0 Å². The standard InChI is InChI=1S/C16H21NO2/c1-2-15-4-3-11-17(15)12-14-7-5-13(6-8-14)9-10-16(18)19/h5-10,15H,2-4,11-12H2,1H3,(H,18,19)/b10-9+. The largest absolute Gasteiger partial charge is 0.478 e. The Balaban J connectivity index is 1.97. The lowest BCUT2D eigenvalue weighted by molar-refractivity contribution is -0.131. The van der Waals surface area contributed by atoms with Crippen LogP contribution in [-0.4, -0.2) is 28.6 Å². The molecule has 1 fully saturated rings. The number of rotatable bonds is 5. The summed E-state index contributed by atoms with van der Waals surface area (Å²) in [7, 11) is 0. The third-order valence-electron chi connectivity index (χ3n) is 3.75. The summed E-state index contributed by atoms with van der Waals surface area (Å²) in [5.41, 5.74) is 2.23. The quantitative estimate of drug-likeness (QED) is 0.826. The molecule has 0 spiro atoms. The highest BCUT2D eigenvalue weighted by atomic mass is 16.4. The molecule has 0 radical (unpaired) electrons. The summed E-state index contributed by atoms with van der Waals surface area (Å²) in [6.45, 7) is 4.45. The highest BCUT2D eigenvalue weighted by Crippen LogP contribution is 2.22. The Hall–Kier alpha value is -1.61. The molecule has 19 heavy (non-hydrogen) atoms.